The first-order valence-electron chi connectivity index (χ1n) is 4.66. The smallest absolute Gasteiger partial charge is 0.291 e. The minimum absolute atomic E-state index is 0.198. The zero-order chi connectivity index (χ0) is 10.8. The number of aryl methyl sites for hydroxylation is 1. The van der Waals surface area contributed by atoms with Crippen molar-refractivity contribution in [2.45, 2.75) is 39.7 Å². The Kier molecular flexibility index (Phi) is 2.88. The maximum absolute atomic E-state index is 11.6. The van der Waals surface area contributed by atoms with Crippen molar-refractivity contribution >= 4 is 5.91 Å². The highest BCUT2D eigenvalue weighted by Gasteiger charge is 2.20. The van der Waals surface area contributed by atoms with Crippen LogP contribution in [0.3, 0.4) is 0 Å². The Balaban J connectivity index is 2.68. The number of aromatic nitrogens is 3. The molecule has 0 radical (unpaired) electrons. The number of carbonyl (C=O) groups excluding carboxylic acids is 1. The van der Waals surface area contributed by atoms with Crippen LogP contribution in [0, 0.1) is 6.92 Å². The zero-order valence-electron chi connectivity index (χ0n) is 9.01. The Bertz CT molecular complexity index is 329. The Labute approximate surface area is 83.3 Å². The average molecular weight is 196 g/mol. The van der Waals surface area contributed by atoms with Gasteiger partial charge in [0.25, 0.3) is 5.91 Å². The lowest BCUT2D eigenvalue weighted by molar-refractivity contribution is 0.0901. The van der Waals surface area contributed by atoms with Crippen molar-refractivity contribution in [3.63, 3.8) is 0 Å². The zero-order valence-corrected chi connectivity index (χ0v) is 9.01. The van der Waals surface area contributed by atoms with Gasteiger partial charge in [-0.15, -0.1) is 5.10 Å². The lowest BCUT2D eigenvalue weighted by Gasteiger charge is -2.23. The molecular weight excluding hydrogens is 180 g/mol. The topological polar surface area (TPSA) is 70.7 Å². The largest absolute Gasteiger partial charge is 0.344 e. The van der Waals surface area contributed by atoms with Gasteiger partial charge in [-0.2, -0.15) is 0 Å². The standard InChI is InChI=1S/C9H16N4O/c1-5-9(3,4)11-8(14)7-10-6(2)12-13-7/h5H2,1-4H3,(H,11,14)(H,10,12,13). The maximum Gasteiger partial charge on any atom is 0.291 e. The molecule has 0 atom stereocenters. The average Bonchev–Trinajstić information content (AvgIpc) is 2.51. The predicted octanol–water partition coefficient (Wildman–Crippen LogP) is 1.03. The van der Waals surface area contributed by atoms with Gasteiger partial charge < -0.3 is 5.32 Å². The van der Waals surface area contributed by atoms with Crippen molar-refractivity contribution in [1.82, 2.24) is 20.5 Å². The van der Waals surface area contributed by atoms with Crippen LogP contribution in [-0.4, -0.2) is 26.6 Å². The van der Waals surface area contributed by atoms with Gasteiger partial charge >= 0.3 is 0 Å². The third-order valence-electron chi connectivity index (χ3n) is 2.14. The predicted molar refractivity (Wildman–Crippen MR) is 53.0 cm³/mol. The summed E-state index contributed by atoms with van der Waals surface area (Å²) in [6.07, 6.45) is 0.863. The van der Waals surface area contributed by atoms with E-state index in [9.17, 15) is 4.79 Å². The first-order valence-corrected chi connectivity index (χ1v) is 4.66. The quantitative estimate of drug-likeness (QED) is 0.758. The molecule has 0 aliphatic carbocycles. The van der Waals surface area contributed by atoms with Crippen LogP contribution >= 0.6 is 0 Å². The molecule has 0 saturated heterocycles. The van der Waals surface area contributed by atoms with Gasteiger partial charge in [0, 0.05) is 5.54 Å². The van der Waals surface area contributed by atoms with Gasteiger partial charge in [0.2, 0.25) is 5.82 Å². The third kappa shape index (κ3) is 2.55. The van der Waals surface area contributed by atoms with E-state index in [4.69, 9.17) is 0 Å². The second-order valence-corrected chi connectivity index (χ2v) is 3.94. The first kappa shape index (κ1) is 10.7. The SMILES string of the molecule is CCC(C)(C)NC(=O)c1n[nH]c(C)n1. The van der Waals surface area contributed by atoms with E-state index < -0.39 is 0 Å². The first-order chi connectivity index (χ1) is 6.44. The second-order valence-electron chi connectivity index (χ2n) is 3.94. The molecule has 1 aromatic heterocycles. The fourth-order valence-corrected chi connectivity index (χ4v) is 0.896. The van der Waals surface area contributed by atoms with E-state index in [0.717, 1.165) is 6.42 Å². The molecule has 5 nitrogen and oxygen atoms in total. The van der Waals surface area contributed by atoms with E-state index in [2.05, 4.69) is 20.5 Å². The summed E-state index contributed by atoms with van der Waals surface area (Å²) >= 11 is 0. The Hall–Kier alpha value is -1.39. The molecule has 0 unspecified atom stereocenters. The van der Waals surface area contributed by atoms with Crippen molar-refractivity contribution in [2.24, 2.45) is 0 Å². The van der Waals surface area contributed by atoms with Crippen molar-refractivity contribution in [3.05, 3.63) is 11.6 Å². The van der Waals surface area contributed by atoms with Crippen LogP contribution < -0.4 is 5.32 Å². The number of hydrogen-bond donors (Lipinski definition) is 2. The molecular formula is C9H16N4O. The summed E-state index contributed by atoms with van der Waals surface area (Å²) in [5.41, 5.74) is -0.217. The van der Waals surface area contributed by atoms with Gasteiger partial charge in [0.15, 0.2) is 0 Å². The Morgan fingerprint density at radius 1 is 1.57 bits per heavy atom. The number of aromatic amines is 1. The van der Waals surface area contributed by atoms with Crippen LogP contribution in [0.1, 0.15) is 43.6 Å². The summed E-state index contributed by atoms with van der Waals surface area (Å²) in [5.74, 6) is 0.606. The molecule has 0 aromatic carbocycles. The molecule has 78 valence electrons. The number of nitrogens with one attached hydrogen (secondary N) is 2. The van der Waals surface area contributed by atoms with Crippen molar-refractivity contribution in [2.75, 3.05) is 0 Å². The normalized spacial score (nSPS) is 11.4. The highest BCUT2D eigenvalue weighted by Crippen LogP contribution is 2.07. The number of amides is 1. The summed E-state index contributed by atoms with van der Waals surface area (Å²) in [7, 11) is 0. The molecule has 5 heteroatoms. The molecule has 0 fully saturated rings. The molecule has 0 saturated carbocycles. The number of H-pyrrole nitrogens is 1. The summed E-state index contributed by atoms with van der Waals surface area (Å²) in [6, 6.07) is 0. The molecule has 0 aliphatic rings. The molecule has 1 rings (SSSR count). The molecule has 0 bridgehead atoms. The van der Waals surface area contributed by atoms with E-state index in [-0.39, 0.29) is 17.3 Å². The molecule has 1 amide bonds. The molecule has 0 aliphatic heterocycles. The van der Waals surface area contributed by atoms with E-state index in [1.807, 2.05) is 20.8 Å². The molecule has 0 spiro atoms. The number of hydrogen-bond acceptors (Lipinski definition) is 3. The third-order valence-corrected chi connectivity index (χ3v) is 2.14. The lowest BCUT2D eigenvalue weighted by atomic mass is 10.0. The summed E-state index contributed by atoms with van der Waals surface area (Å²) < 4.78 is 0. The van der Waals surface area contributed by atoms with E-state index >= 15 is 0 Å². The van der Waals surface area contributed by atoms with Gasteiger partial charge in [-0.25, -0.2) is 4.98 Å². The van der Waals surface area contributed by atoms with Crippen LogP contribution in [0.15, 0.2) is 0 Å². The fourth-order valence-electron chi connectivity index (χ4n) is 0.896. The molecule has 14 heavy (non-hydrogen) atoms. The van der Waals surface area contributed by atoms with Gasteiger partial charge in [-0.1, -0.05) is 6.92 Å². The van der Waals surface area contributed by atoms with Crippen LogP contribution in [0.25, 0.3) is 0 Å². The van der Waals surface area contributed by atoms with Gasteiger partial charge in [-0.3, -0.25) is 9.89 Å². The van der Waals surface area contributed by atoms with Crippen LogP contribution in [0.5, 0.6) is 0 Å². The molecule has 2 N–H and O–H groups in total. The van der Waals surface area contributed by atoms with Crippen molar-refractivity contribution < 1.29 is 4.79 Å². The van der Waals surface area contributed by atoms with Crippen LogP contribution in [0.2, 0.25) is 0 Å². The Morgan fingerprint density at radius 2 is 2.21 bits per heavy atom. The van der Waals surface area contributed by atoms with E-state index in [1.165, 1.54) is 0 Å². The number of carbonyl (C=O) groups is 1. The summed E-state index contributed by atoms with van der Waals surface area (Å²) in [4.78, 5) is 15.5. The van der Waals surface area contributed by atoms with Gasteiger partial charge in [0.1, 0.15) is 5.82 Å². The molecule has 1 aromatic rings. The van der Waals surface area contributed by atoms with Crippen LogP contribution in [-0.2, 0) is 0 Å². The van der Waals surface area contributed by atoms with E-state index in [0.29, 0.717) is 5.82 Å². The summed E-state index contributed by atoms with van der Waals surface area (Å²) in [5, 5.41) is 9.27. The van der Waals surface area contributed by atoms with Gasteiger partial charge in [0.05, 0.1) is 0 Å². The maximum atomic E-state index is 11.6. The second kappa shape index (κ2) is 3.77. The van der Waals surface area contributed by atoms with Crippen molar-refractivity contribution in [3.8, 4) is 0 Å². The number of rotatable bonds is 3. The fraction of sp³-hybridized carbons (Fsp3) is 0.667. The Morgan fingerprint density at radius 3 is 2.64 bits per heavy atom. The monoisotopic (exact) mass is 196 g/mol. The minimum atomic E-state index is -0.235. The van der Waals surface area contributed by atoms with Gasteiger partial charge in [-0.05, 0) is 27.2 Å². The van der Waals surface area contributed by atoms with E-state index in [1.54, 1.807) is 6.92 Å². The minimum Gasteiger partial charge on any atom is -0.344 e. The van der Waals surface area contributed by atoms with Crippen molar-refractivity contribution in [1.29, 1.82) is 0 Å². The summed E-state index contributed by atoms with van der Waals surface area (Å²) in [6.45, 7) is 7.70. The highest BCUT2D eigenvalue weighted by molar-refractivity contribution is 5.90. The highest BCUT2D eigenvalue weighted by atomic mass is 16.2. The number of nitrogens with zero attached hydrogens (tertiary/aromatic N) is 2. The molecule has 1 heterocycles. The lowest BCUT2D eigenvalue weighted by Crippen LogP contribution is -2.43. The van der Waals surface area contributed by atoms with Crippen LogP contribution in [0.4, 0.5) is 0 Å².